The van der Waals surface area contributed by atoms with E-state index < -0.39 is 0 Å². The van der Waals surface area contributed by atoms with Gasteiger partial charge in [-0.25, -0.2) is 0 Å². The summed E-state index contributed by atoms with van der Waals surface area (Å²) in [6.07, 6.45) is 1.83. The summed E-state index contributed by atoms with van der Waals surface area (Å²) in [6, 6.07) is 8.26. The van der Waals surface area contributed by atoms with Crippen LogP contribution in [0.4, 0.5) is 5.69 Å². The van der Waals surface area contributed by atoms with Gasteiger partial charge in [0.25, 0.3) is 0 Å². The molecule has 2 rings (SSSR count). The van der Waals surface area contributed by atoms with Crippen LogP contribution in [0.5, 0.6) is 0 Å². The Labute approximate surface area is 122 Å². The molecule has 102 valence electrons. The van der Waals surface area contributed by atoms with Gasteiger partial charge in [0.05, 0.1) is 11.2 Å². The minimum Gasteiger partial charge on any atom is -0.383 e. The quantitative estimate of drug-likeness (QED) is 0.884. The smallest absolute Gasteiger partial charge is 0.0934 e. The predicted octanol–water partition coefficient (Wildman–Crippen LogP) is 3.64. The maximum absolute atomic E-state index is 5.81. The van der Waals surface area contributed by atoms with Crippen molar-refractivity contribution in [2.24, 2.45) is 17.6 Å². The number of anilines is 1. The topological polar surface area (TPSA) is 50.9 Å². The molecule has 0 aliphatic rings. The number of nitrogens with one attached hydrogen (secondary N) is 1. The van der Waals surface area contributed by atoms with E-state index in [1.54, 1.807) is 0 Å². The molecule has 19 heavy (non-hydrogen) atoms. The number of para-hydroxylation sites is 1. The molecule has 3 nitrogen and oxygen atoms in total. The Morgan fingerprint density at radius 2 is 2.16 bits per heavy atom. The lowest BCUT2D eigenvalue weighted by Crippen LogP contribution is -2.27. The largest absolute Gasteiger partial charge is 0.383 e. The minimum atomic E-state index is 0.478. The van der Waals surface area contributed by atoms with E-state index in [-0.39, 0.29) is 0 Å². The van der Waals surface area contributed by atoms with E-state index >= 15 is 0 Å². The molecule has 4 heteroatoms. The number of benzene rings is 1. The summed E-state index contributed by atoms with van der Waals surface area (Å²) in [5.74, 6) is 1.06. The summed E-state index contributed by atoms with van der Waals surface area (Å²) < 4.78 is 0.999. The average Bonchev–Trinajstić information content (AvgIpc) is 2.38. The number of pyridine rings is 1. The van der Waals surface area contributed by atoms with E-state index in [4.69, 9.17) is 5.73 Å². The third-order valence-electron chi connectivity index (χ3n) is 3.48. The van der Waals surface area contributed by atoms with Crippen LogP contribution in [0.1, 0.15) is 13.8 Å². The van der Waals surface area contributed by atoms with Gasteiger partial charge in [0, 0.05) is 22.6 Å². The van der Waals surface area contributed by atoms with Crippen molar-refractivity contribution >= 4 is 32.5 Å². The Kier molecular flexibility index (Phi) is 4.77. The van der Waals surface area contributed by atoms with Crippen LogP contribution in [0.25, 0.3) is 10.9 Å². The molecule has 0 aliphatic carbocycles. The second kappa shape index (κ2) is 6.35. The standard InChI is InChI=1S/C15H20BrN3/c1-10(2)12(7-17)8-18-14-5-3-4-11-6-13(16)9-19-15(11)14/h3-6,9-10,12,18H,7-8,17H2,1-2H3. The van der Waals surface area contributed by atoms with Crippen LogP contribution in [-0.2, 0) is 0 Å². The van der Waals surface area contributed by atoms with Gasteiger partial charge in [0.2, 0.25) is 0 Å². The first-order valence-corrected chi connectivity index (χ1v) is 7.39. The lowest BCUT2D eigenvalue weighted by molar-refractivity contribution is 0.413. The molecule has 3 N–H and O–H groups in total. The van der Waals surface area contributed by atoms with Crippen LogP contribution in [0.15, 0.2) is 34.9 Å². The van der Waals surface area contributed by atoms with Crippen molar-refractivity contribution in [2.75, 3.05) is 18.4 Å². The van der Waals surface area contributed by atoms with Gasteiger partial charge in [-0.3, -0.25) is 4.98 Å². The fourth-order valence-corrected chi connectivity index (χ4v) is 2.46. The maximum atomic E-state index is 5.81. The Morgan fingerprint density at radius 1 is 1.37 bits per heavy atom. The summed E-state index contributed by atoms with van der Waals surface area (Å²) in [5.41, 5.74) is 7.89. The molecule has 1 aromatic heterocycles. The number of nitrogens with zero attached hydrogens (tertiary/aromatic N) is 1. The third-order valence-corrected chi connectivity index (χ3v) is 3.91. The first-order chi connectivity index (χ1) is 9.11. The molecule has 1 heterocycles. The first kappa shape index (κ1) is 14.3. The van der Waals surface area contributed by atoms with Crippen molar-refractivity contribution < 1.29 is 0 Å². The van der Waals surface area contributed by atoms with E-state index in [9.17, 15) is 0 Å². The number of nitrogens with two attached hydrogens (primary N) is 1. The number of hydrogen-bond donors (Lipinski definition) is 2. The summed E-state index contributed by atoms with van der Waals surface area (Å²) in [6.45, 7) is 5.99. The molecule has 0 radical (unpaired) electrons. The molecule has 2 aromatic rings. The average molecular weight is 322 g/mol. The molecule has 0 aliphatic heterocycles. The highest BCUT2D eigenvalue weighted by Gasteiger charge is 2.11. The van der Waals surface area contributed by atoms with Gasteiger partial charge in [0.1, 0.15) is 0 Å². The lowest BCUT2D eigenvalue weighted by atomic mass is 9.96. The van der Waals surface area contributed by atoms with Gasteiger partial charge < -0.3 is 11.1 Å². The van der Waals surface area contributed by atoms with Crippen LogP contribution in [0, 0.1) is 11.8 Å². The van der Waals surface area contributed by atoms with Crippen molar-refractivity contribution in [3.63, 3.8) is 0 Å². The van der Waals surface area contributed by atoms with Crippen molar-refractivity contribution in [2.45, 2.75) is 13.8 Å². The normalized spacial score (nSPS) is 12.9. The SMILES string of the molecule is CC(C)C(CN)CNc1cccc2cc(Br)cnc12. The number of fused-ring (bicyclic) bond motifs is 1. The zero-order valence-corrected chi connectivity index (χ0v) is 12.9. The van der Waals surface area contributed by atoms with Gasteiger partial charge in [-0.2, -0.15) is 0 Å². The molecule has 0 bridgehead atoms. The summed E-state index contributed by atoms with van der Waals surface area (Å²) in [5, 5.41) is 4.61. The lowest BCUT2D eigenvalue weighted by Gasteiger charge is -2.20. The second-order valence-electron chi connectivity index (χ2n) is 5.15. The molecule has 0 spiro atoms. The predicted molar refractivity (Wildman–Crippen MR) is 85.3 cm³/mol. The molecule has 1 unspecified atom stereocenters. The van der Waals surface area contributed by atoms with Crippen molar-refractivity contribution in [1.82, 2.24) is 4.98 Å². The van der Waals surface area contributed by atoms with Crippen molar-refractivity contribution in [1.29, 1.82) is 0 Å². The molecule has 0 fully saturated rings. The highest BCUT2D eigenvalue weighted by Crippen LogP contribution is 2.24. The highest BCUT2D eigenvalue weighted by atomic mass is 79.9. The number of halogens is 1. The van der Waals surface area contributed by atoms with E-state index in [2.05, 4.69) is 58.3 Å². The third kappa shape index (κ3) is 3.45. The molecular formula is C15H20BrN3. The van der Waals surface area contributed by atoms with Gasteiger partial charge in [-0.15, -0.1) is 0 Å². The van der Waals surface area contributed by atoms with Gasteiger partial charge in [0.15, 0.2) is 0 Å². The fourth-order valence-electron chi connectivity index (χ4n) is 2.11. The molecule has 0 saturated carbocycles. The zero-order chi connectivity index (χ0) is 13.8. The number of hydrogen-bond acceptors (Lipinski definition) is 3. The van der Waals surface area contributed by atoms with Crippen LogP contribution in [-0.4, -0.2) is 18.1 Å². The molecule has 0 amide bonds. The Morgan fingerprint density at radius 3 is 2.84 bits per heavy atom. The van der Waals surface area contributed by atoms with Gasteiger partial charge in [-0.1, -0.05) is 26.0 Å². The van der Waals surface area contributed by atoms with Crippen LogP contribution in [0.3, 0.4) is 0 Å². The van der Waals surface area contributed by atoms with Crippen molar-refractivity contribution in [3.05, 3.63) is 34.9 Å². The van der Waals surface area contributed by atoms with E-state index in [1.165, 1.54) is 0 Å². The van der Waals surface area contributed by atoms with Gasteiger partial charge in [-0.05, 0) is 46.4 Å². The van der Waals surface area contributed by atoms with Crippen LogP contribution < -0.4 is 11.1 Å². The molecule has 1 aromatic carbocycles. The number of rotatable bonds is 5. The molecular weight excluding hydrogens is 302 g/mol. The Bertz CT molecular complexity index is 554. The van der Waals surface area contributed by atoms with Crippen molar-refractivity contribution in [3.8, 4) is 0 Å². The summed E-state index contributed by atoms with van der Waals surface area (Å²) >= 11 is 3.45. The molecule has 1 atom stereocenters. The van der Waals surface area contributed by atoms with Crippen LogP contribution >= 0.6 is 15.9 Å². The fraction of sp³-hybridized carbons (Fsp3) is 0.400. The van der Waals surface area contributed by atoms with E-state index in [0.717, 1.165) is 27.6 Å². The monoisotopic (exact) mass is 321 g/mol. The second-order valence-corrected chi connectivity index (χ2v) is 6.07. The highest BCUT2D eigenvalue weighted by molar-refractivity contribution is 9.10. The maximum Gasteiger partial charge on any atom is 0.0934 e. The molecule has 0 saturated heterocycles. The first-order valence-electron chi connectivity index (χ1n) is 6.60. The summed E-state index contributed by atoms with van der Waals surface area (Å²) in [7, 11) is 0. The number of aromatic nitrogens is 1. The Balaban J connectivity index is 2.21. The summed E-state index contributed by atoms with van der Waals surface area (Å²) in [4.78, 5) is 4.49. The van der Waals surface area contributed by atoms with E-state index in [1.807, 2.05) is 12.3 Å². The van der Waals surface area contributed by atoms with Gasteiger partial charge >= 0.3 is 0 Å². The Hall–Kier alpha value is -1.13. The van der Waals surface area contributed by atoms with Crippen LogP contribution in [0.2, 0.25) is 0 Å². The zero-order valence-electron chi connectivity index (χ0n) is 11.4. The minimum absolute atomic E-state index is 0.478. The van der Waals surface area contributed by atoms with E-state index in [0.29, 0.717) is 18.4 Å².